The van der Waals surface area contributed by atoms with Crippen molar-refractivity contribution in [3.8, 4) is 0 Å². The first-order valence-corrected chi connectivity index (χ1v) is 29.6. The van der Waals surface area contributed by atoms with Crippen LogP contribution in [0, 0.1) is 0 Å². The molecule has 10 heteroatoms. The molecule has 0 aromatic rings. The number of hydrogen-bond donors (Lipinski definition) is 2. The number of quaternary nitrogens is 1. The van der Waals surface area contributed by atoms with Crippen LogP contribution in [0.15, 0.2) is 60.8 Å². The van der Waals surface area contributed by atoms with Crippen molar-refractivity contribution in [1.29, 1.82) is 0 Å². The maximum atomic E-state index is 13.4. The number of carbonyl (C=O) groups is 2. The number of phosphoric acid groups is 1. The first kappa shape index (κ1) is 65.7. The van der Waals surface area contributed by atoms with Gasteiger partial charge in [-0.1, -0.05) is 223 Å². The number of hydrogen-bond acceptors (Lipinski definition) is 6. The van der Waals surface area contributed by atoms with Gasteiger partial charge >= 0.3 is 13.8 Å². The van der Waals surface area contributed by atoms with Gasteiger partial charge in [-0.15, -0.1) is 0 Å². The lowest BCUT2D eigenvalue weighted by Crippen LogP contribution is -2.47. The second-order valence-corrected chi connectivity index (χ2v) is 21.6. The van der Waals surface area contributed by atoms with Crippen LogP contribution in [0.5, 0.6) is 0 Å². The van der Waals surface area contributed by atoms with Gasteiger partial charge in [0.05, 0.1) is 33.8 Å². The summed E-state index contributed by atoms with van der Waals surface area (Å²) in [7, 11) is 1.46. The quantitative estimate of drug-likeness (QED) is 0.0205. The van der Waals surface area contributed by atoms with Crippen molar-refractivity contribution in [2.75, 3.05) is 40.9 Å². The highest BCUT2D eigenvalue weighted by Gasteiger charge is 2.30. The fraction of sp³-hybridized carbons (Fsp3) is 0.793. The van der Waals surface area contributed by atoms with Crippen LogP contribution in [0.4, 0.5) is 0 Å². The number of nitrogens with zero attached hydrogens (tertiary/aromatic N) is 1. The van der Waals surface area contributed by atoms with Gasteiger partial charge in [0.2, 0.25) is 5.91 Å². The van der Waals surface area contributed by atoms with Gasteiger partial charge < -0.3 is 19.4 Å². The number of unbranched alkanes of at least 4 members (excludes halogenated alkanes) is 26. The Kier molecular flexibility index (Phi) is 46.7. The summed E-state index contributed by atoms with van der Waals surface area (Å²) >= 11 is 0. The summed E-state index contributed by atoms with van der Waals surface area (Å²) in [5.41, 5.74) is 0. The van der Waals surface area contributed by atoms with Gasteiger partial charge in [-0.05, 0) is 70.3 Å². The van der Waals surface area contributed by atoms with E-state index in [4.69, 9.17) is 13.8 Å². The minimum absolute atomic E-state index is 0.0298. The molecule has 68 heavy (non-hydrogen) atoms. The summed E-state index contributed by atoms with van der Waals surface area (Å²) in [4.78, 5) is 37.5. The molecule has 0 aromatic carbocycles. The molecule has 0 bridgehead atoms. The molecule has 0 saturated heterocycles. The third-order valence-electron chi connectivity index (χ3n) is 12.2. The fourth-order valence-corrected chi connectivity index (χ4v) is 8.55. The number of allylic oxidation sites excluding steroid dienone is 9. The summed E-state index contributed by atoms with van der Waals surface area (Å²) in [6.07, 6.45) is 59.3. The molecule has 1 amide bonds. The van der Waals surface area contributed by atoms with Crippen LogP contribution in [0.1, 0.15) is 245 Å². The van der Waals surface area contributed by atoms with E-state index in [1.54, 1.807) is 0 Å². The monoisotopic (exact) mass is 976 g/mol. The van der Waals surface area contributed by atoms with Gasteiger partial charge in [0.15, 0.2) is 0 Å². The Morgan fingerprint density at radius 1 is 0.515 bits per heavy atom. The topological polar surface area (TPSA) is 111 Å². The van der Waals surface area contributed by atoms with E-state index in [0.29, 0.717) is 17.4 Å². The number of esters is 1. The molecule has 0 heterocycles. The van der Waals surface area contributed by atoms with Crippen LogP contribution in [0.2, 0.25) is 0 Å². The van der Waals surface area contributed by atoms with E-state index in [9.17, 15) is 19.0 Å². The lowest BCUT2D eigenvalue weighted by molar-refractivity contribution is -0.870. The highest BCUT2D eigenvalue weighted by Crippen LogP contribution is 2.43. The van der Waals surface area contributed by atoms with Crippen LogP contribution < -0.4 is 5.32 Å². The number of phosphoric ester groups is 1. The Bertz CT molecular complexity index is 1350. The van der Waals surface area contributed by atoms with Gasteiger partial charge in [-0.3, -0.25) is 18.6 Å². The first-order valence-electron chi connectivity index (χ1n) is 28.1. The zero-order valence-corrected chi connectivity index (χ0v) is 46.0. The third-order valence-corrected chi connectivity index (χ3v) is 13.2. The van der Waals surface area contributed by atoms with Gasteiger partial charge in [-0.2, -0.15) is 0 Å². The standard InChI is InChI=1S/C58H107N2O7P/c1-7-10-13-16-19-22-25-27-29-30-31-32-35-38-41-44-47-50-57(61)59-55(54-66-68(63,64)65-53-52-60(4,5)6)56(49-46-43-40-37-34-24-21-18-15-12-9-3)67-58(62)51-48-45-42-39-36-33-28-26-23-20-17-14-11-8-2/h19,22,27,29,31-32,38,41,46,49,55-56H,7-18,20-21,23-26,28,30,33-37,39-40,42-45,47-48,50-54H2,1-6H3,(H-,59,61,63,64)/p+1/b22-19-,29-27-,32-31-,41-38-,49-46+. The Morgan fingerprint density at radius 3 is 1.40 bits per heavy atom. The maximum absolute atomic E-state index is 13.4. The molecule has 0 aliphatic rings. The molecule has 0 saturated carbocycles. The summed E-state index contributed by atoms with van der Waals surface area (Å²) in [6, 6.07) is -0.874. The van der Waals surface area contributed by atoms with E-state index in [0.717, 1.165) is 64.2 Å². The SMILES string of the molecule is CCCCC/C=C\C/C=C\C/C=C\C/C=C\CCCC(=O)NC(COP(=O)(O)OCC[N+](C)(C)C)C(/C=C/CCCCCCCCCCC)OC(=O)CCCCCCCCCCCCCCCC. The molecule has 396 valence electrons. The lowest BCUT2D eigenvalue weighted by Gasteiger charge is -2.27. The fourth-order valence-electron chi connectivity index (χ4n) is 7.81. The van der Waals surface area contributed by atoms with Crippen molar-refractivity contribution in [1.82, 2.24) is 5.32 Å². The molecule has 3 atom stereocenters. The number of carbonyl (C=O) groups excluding carboxylic acids is 2. The number of ether oxygens (including phenoxy) is 1. The van der Waals surface area contributed by atoms with Crippen LogP contribution in [0.3, 0.4) is 0 Å². The maximum Gasteiger partial charge on any atom is 0.472 e. The summed E-state index contributed by atoms with van der Waals surface area (Å²) in [6.45, 7) is 6.93. The Morgan fingerprint density at radius 2 is 0.912 bits per heavy atom. The molecule has 9 nitrogen and oxygen atoms in total. The number of rotatable bonds is 50. The van der Waals surface area contributed by atoms with E-state index >= 15 is 0 Å². The first-order chi connectivity index (χ1) is 32.9. The van der Waals surface area contributed by atoms with Crippen LogP contribution in [-0.2, 0) is 27.9 Å². The second-order valence-electron chi connectivity index (χ2n) is 20.1. The Labute approximate surface area is 420 Å². The summed E-state index contributed by atoms with van der Waals surface area (Å²) in [5.74, 6) is -0.568. The predicted molar refractivity (Wildman–Crippen MR) is 291 cm³/mol. The minimum Gasteiger partial charge on any atom is -0.456 e. The normalized spacial score (nSPS) is 14.3. The van der Waals surface area contributed by atoms with E-state index in [1.807, 2.05) is 33.3 Å². The molecular formula is C58H108N2O7P+. The van der Waals surface area contributed by atoms with Crippen molar-refractivity contribution in [3.63, 3.8) is 0 Å². The molecule has 2 N–H and O–H groups in total. The van der Waals surface area contributed by atoms with Gasteiger partial charge in [0.25, 0.3) is 0 Å². The van der Waals surface area contributed by atoms with Crippen molar-refractivity contribution >= 4 is 19.7 Å². The number of amides is 1. The molecular weight excluding hydrogens is 868 g/mol. The van der Waals surface area contributed by atoms with Crippen molar-refractivity contribution in [2.24, 2.45) is 0 Å². The molecule has 0 aliphatic heterocycles. The summed E-state index contributed by atoms with van der Waals surface area (Å²) < 4.78 is 30.5. The molecule has 0 radical (unpaired) electrons. The predicted octanol–water partition coefficient (Wildman–Crippen LogP) is 16.7. The lowest BCUT2D eigenvalue weighted by atomic mass is 10.0. The second kappa shape index (κ2) is 48.3. The van der Waals surface area contributed by atoms with E-state index in [1.165, 1.54) is 141 Å². The molecule has 0 aliphatic carbocycles. The average Bonchev–Trinajstić information content (AvgIpc) is 3.29. The Balaban J connectivity index is 5.43. The summed E-state index contributed by atoms with van der Waals surface area (Å²) in [5, 5.41) is 3.01. The van der Waals surface area contributed by atoms with Crippen LogP contribution in [0.25, 0.3) is 0 Å². The molecule has 0 rings (SSSR count). The van der Waals surface area contributed by atoms with Gasteiger partial charge in [-0.25, -0.2) is 4.57 Å². The molecule has 0 fully saturated rings. The van der Waals surface area contributed by atoms with E-state index in [2.05, 4.69) is 74.7 Å². The zero-order chi connectivity index (χ0) is 50.1. The van der Waals surface area contributed by atoms with Crippen molar-refractivity contribution < 1.29 is 37.3 Å². The smallest absolute Gasteiger partial charge is 0.456 e. The van der Waals surface area contributed by atoms with Gasteiger partial charge in [0, 0.05) is 12.8 Å². The third kappa shape index (κ3) is 48.7. The molecule has 3 unspecified atom stereocenters. The highest BCUT2D eigenvalue weighted by molar-refractivity contribution is 7.47. The zero-order valence-electron chi connectivity index (χ0n) is 45.1. The van der Waals surface area contributed by atoms with Crippen LogP contribution >= 0.6 is 7.82 Å². The largest absolute Gasteiger partial charge is 0.472 e. The molecule has 0 spiro atoms. The number of nitrogens with one attached hydrogen (secondary N) is 1. The molecule has 0 aromatic heterocycles. The van der Waals surface area contributed by atoms with Gasteiger partial charge in [0.1, 0.15) is 19.3 Å². The number of likely N-dealkylation sites (N-methyl/N-ethyl adjacent to an activating group) is 1. The van der Waals surface area contributed by atoms with E-state index < -0.39 is 20.0 Å². The average molecular weight is 976 g/mol. The van der Waals surface area contributed by atoms with Crippen LogP contribution in [-0.4, -0.2) is 74.3 Å². The Hall–Kier alpha value is -2.29. The van der Waals surface area contributed by atoms with Crippen molar-refractivity contribution in [2.45, 2.75) is 258 Å². The minimum atomic E-state index is -4.45. The van der Waals surface area contributed by atoms with E-state index in [-0.39, 0.29) is 37.9 Å². The van der Waals surface area contributed by atoms with Crippen molar-refractivity contribution in [3.05, 3.63) is 60.8 Å². The highest BCUT2D eigenvalue weighted by atomic mass is 31.2.